The summed E-state index contributed by atoms with van der Waals surface area (Å²) in [4.78, 5) is 11.6. The molecule has 0 radical (unpaired) electrons. The van der Waals surface area contributed by atoms with Gasteiger partial charge in [-0.1, -0.05) is 12.1 Å². The van der Waals surface area contributed by atoms with E-state index in [2.05, 4.69) is 5.32 Å². The molecule has 2 aromatic rings. The molecular weight excluding hydrogens is 275 g/mol. The van der Waals surface area contributed by atoms with Gasteiger partial charge >= 0.3 is 0 Å². The maximum absolute atomic E-state index is 13.2. The van der Waals surface area contributed by atoms with E-state index in [0.717, 1.165) is 0 Å². The zero-order valence-electron chi connectivity index (χ0n) is 11.7. The summed E-state index contributed by atoms with van der Waals surface area (Å²) in [6.07, 6.45) is 1.66. The first-order valence-corrected chi connectivity index (χ1v) is 6.51. The van der Waals surface area contributed by atoms with E-state index in [1.165, 1.54) is 22.8 Å². The van der Waals surface area contributed by atoms with E-state index in [-0.39, 0.29) is 17.9 Å². The zero-order chi connectivity index (χ0) is 15.2. The Hall–Kier alpha value is -2.34. The first-order chi connectivity index (χ1) is 10.1. The van der Waals surface area contributed by atoms with Gasteiger partial charge in [-0.05, 0) is 12.1 Å². The minimum atomic E-state index is -0.653. The molecule has 0 bridgehead atoms. The highest BCUT2D eigenvalue weighted by Gasteiger charge is 2.06. The third kappa shape index (κ3) is 3.82. The number of benzene rings is 1. The van der Waals surface area contributed by atoms with Crippen LogP contribution in [0.3, 0.4) is 0 Å². The number of pyridine rings is 1. The van der Waals surface area contributed by atoms with Crippen molar-refractivity contribution in [1.82, 2.24) is 4.57 Å². The van der Waals surface area contributed by atoms with Gasteiger partial charge in [0.15, 0.2) is 11.6 Å². The Labute approximate surface area is 121 Å². The van der Waals surface area contributed by atoms with Crippen molar-refractivity contribution in [3.63, 3.8) is 0 Å². The summed E-state index contributed by atoms with van der Waals surface area (Å²) in [7, 11) is 1.57. The number of ether oxygens (including phenoxy) is 1. The Morgan fingerprint density at radius 2 is 2.14 bits per heavy atom. The lowest BCUT2D eigenvalue weighted by molar-refractivity contribution is 0.186. The molecule has 6 heteroatoms. The minimum absolute atomic E-state index is 0.119. The highest BCUT2D eigenvalue weighted by atomic mass is 19.1. The summed E-state index contributed by atoms with van der Waals surface area (Å²) in [6, 6.07) is 7.45. The van der Waals surface area contributed by atoms with Crippen LogP contribution in [0.4, 0.5) is 10.1 Å². The summed E-state index contributed by atoms with van der Waals surface area (Å²) < 4.78 is 19.7. The maximum atomic E-state index is 13.2. The van der Waals surface area contributed by atoms with Crippen LogP contribution in [0.25, 0.3) is 0 Å². The van der Waals surface area contributed by atoms with Crippen molar-refractivity contribution in [2.24, 2.45) is 0 Å². The number of aromatic hydroxyl groups is 1. The van der Waals surface area contributed by atoms with Crippen LogP contribution in [-0.4, -0.2) is 23.4 Å². The minimum Gasteiger partial charge on any atom is -0.505 e. The van der Waals surface area contributed by atoms with Crippen molar-refractivity contribution in [2.75, 3.05) is 19.0 Å². The zero-order valence-corrected chi connectivity index (χ0v) is 11.7. The summed E-state index contributed by atoms with van der Waals surface area (Å²) in [5.41, 5.74) is 1.03. The van der Waals surface area contributed by atoms with Crippen LogP contribution >= 0.6 is 0 Å². The summed E-state index contributed by atoms with van der Waals surface area (Å²) in [5, 5.41) is 12.6. The topological polar surface area (TPSA) is 63.5 Å². The molecule has 2 rings (SSSR count). The van der Waals surface area contributed by atoms with Crippen LogP contribution in [-0.2, 0) is 17.8 Å². The molecule has 0 amide bonds. The van der Waals surface area contributed by atoms with E-state index in [1.807, 2.05) is 0 Å². The lowest BCUT2D eigenvalue weighted by Crippen LogP contribution is -2.21. The fraction of sp³-hybridized carbons (Fsp3) is 0.267. The van der Waals surface area contributed by atoms with Crippen molar-refractivity contribution >= 4 is 5.69 Å². The standard InChI is InChI=1S/C15H17FN2O3/c1-21-8-7-18-10-12(5-6-14(18)19)17-9-11-3-2-4-13(16)15(11)20/h2-6,10,17,20H,7-9H2,1H3. The Morgan fingerprint density at radius 3 is 2.90 bits per heavy atom. The Kier molecular flexibility index (Phi) is 4.94. The lowest BCUT2D eigenvalue weighted by Gasteiger charge is -2.11. The second kappa shape index (κ2) is 6.90. The molecule has 21 heavy (non-hydrogen) atoms. The Morgan fingerprint density at radius 1 is 1.33 bits per heavy atom. The normalized spacial score (nSPS) is 10.6. The number of hydrogen-bond acceptors (Lipinski definition) is 4. The number of aromatic nitrogens is 1. The molecule has 0 aliphatic carbocycles. The third-order valence-corrected chi connectivity index (χ3v) is 3.07. The number of phenols is 1. The van der Waals surface area contributed by atoms with Crippen LogP contribution in [0.15, 0.2) is 41.3 Å². The fourth-order valence-corrected chi connectivity index (χ4v) is 1.90. The van der Waals surface area contributed by atoms with Gasteiger partial charge in [0.25, 0.3) is 5.56 Å². The Balaban J connectivity index is 2.09. The van der Waals surface area contributed by atoms with Crippen LogP contribution in [0.2, 0.25) is 0 Å². The molecule has 1 aromatic heterocycles. The van der Waals surface area contributed by atoms with Crippen molar-refractivity contribution < 1.29 is 14.2 Å². The predicted octanol–water partition coefficient (Wildman–Crippen LogP) is 1.95. The van der Waals surface area contributed by atoms with Crippen molar-refractivity contribution in [1.29, 1.82) is 0 Å². The lowest BCUT2D eigenvalue weighted by atomic mass is 10.2. The van der Waals surface area contributed by atoms with Crippen LogP contribution in [0.1, 0.15) is 5.56 Å². The van der Waals surface area contributed by atoms with E-state index < -0.39 is 5.82 Å². The van der Waals surface area contributed by atoms with Gasteiger partial charge in [-0.3, -0.25) is 4.79 Å². The van der Waals surface area contributed by atoms with Crippen molar-refractivity contribution in [2.45, 2.75) is 13.1 Å². The van der Waals surface area contributed by atoms with Gasteiger partial charge in [-0.2, -0.15) is 0 Å². The SMILES string of the molecule is COCCn1cc(NCc2cccc(F)c2O)ccc1=O. The van der Waals surface area contributed by atoms with Gasteiger partial charge < -0.3 is 19.7 Å². The van der Waals surface area contributed by atoms with Crippen LogP contribution < -0.4 is 10.9 Å². The van der Waals surface area contributed by atoms with Gasteiger partial charge in [0.1, 0.15) is 0 Å². The molecule has 0 atom stereocenters. The quantitative estimate of drug-likeness (QED) is 0.854. The molecule has 0 fully saturated rings. The number of anilines is 1. The smallest absolute Gasteiger partial charge is 0.250 e. The number of nitrogens with one attached hydrogen (secondary N) is 1. The molecule has 5 nitrogen and oxygen atoms in total. The molecule has 0 aliphatic rings. The average molecular weight is 292 g/mol. The largest absolute Gasteiger partial charge is 0.505 e. The number of nitrogens with zero attached hydrogens (tertiary/aromatic N) is 1. The highest BCUT2D eigenvalue weighted by Crippen LogP contribution is 2.21. The van der Waals surface area contributed by atoms with Gasteiger partial charge in [-0.25, -0.2) is 4.39 Å². The average Bonchev–Trinajstić information content (AvgIpc) is 2.49. The van der Waals surface area contributed by atoms with Gasteiger partial charge in [0.05, 0.1) is 12.3 Å². The summed E-state index contributed by atoms with van der Waals surface area (Å²) >= 11 is 0. The highest BCUT2D eigenvalue weighted by molar-refractivity contribution is 5.43. The molecule has 0 saturated heterocycles. The maximum Gasteiger partial charge on any atom is 0.250 e. The van der Waals surface area contributed by atoms with Crippen molar-refractivity contribution in [3.05, 3.63) is 58.3 Å². The molecule has 2 N–H and O–H groups in total. The monoisotopic (exact) mass is 292 g/mol. The number of hydrogen-bond donors (Lipinski definition) is 2. The molecule has 0 saturated carbocycles. The number of halogens is 1. The van der Waals surface area contributed by atoms with E-state index in [0.29, 0.717) is 24.4 Å². The molecule has 0 unspecified atom stereocenters. The van der Waals surface area contributed by atoms with Gasteiger partial charge in [-0.15, -0.1) is 0 Å². The Bertz CT molecular complexity index is 670. The number of rotatable bonds is 6. The van der Waals surface area contributed by atoms with Crippen LogP contribution in [0.5, 0.6) is 5.75 Å². The first-order valence-electron chi connectivity index (χ1n) is 6.51. The molecule has 112 valence electrons. The second-order valence-corrected chi connectivity index (χ2v) is 4.54. The van der Waals surface area contributed by atoms with Crippen LogP contribution in [0, 0.1) is 5.82 Å². The molecule has 0 spiro atoms. The van der Waals surface area contributed by atoms with E-state index in [9.17, 15) is 14.3 Å². The molecular formula is C15H17FN2O3. The van der Waals surface area contributed by atoms with E-state index in [4.69, 9.17) is 4.74 Å². The fourth-order valence-electron chi connectivity index (χ4n) is 1.90. The van der Waals surface area contributed by atoms with Gasteiger partial charge in [0.2, 0.25) is 0 Å². The van der Waals surface area contributed by atoms with Gasteiger partial charge in [0, 0.05) is 38.0 Å². The predicted molar refractivity (Wildman–Crippen MR) is 78.0 cm³/mol. The summed E-state index contributed by atoms with van der Waals surface area (Å²) in [5.74, 6) is -1.02. The summed E-state index contributed by atoms with van der Waals surface area (Å²) in [6.45, 7) is 1.15. The third-order valence-electron chi connectivity index (χ3n) is 3.07. The number of phenolic OH excluding ortho intramolecular Hbond substituents is 1. The number of methoxy groups -OCH3 is 1. The van der Waals surface area contributed by atoms with E-state index >= 15 is 0 Å². The number of para-hydroxylation sites is 1. The molecule has 0 aliphatic heterocycles. The first kappa shape index (κ1) is 15.1. The molecule has 1 aromatic carbocycles. The van der Waals surface area contributed by atoms with E-state index in [1.54, 1.807) is 25.4 Å². The molecule has 1 heterocycles. The second-order valence-electron chi connectivity index (χ2n) is 4.54. The van der Waals surface area contributed by atoms with Crippen molar-refractivity contribution in [3.8, 4) is 5.75 Å².